The van der Waals surface area contributed by atoms with E-state index >= 15 is 0 Å². The highest BCUT2D eigenvalue weighted by atomic mass is 16.6. The van der Waals surface area contributed by atoms with Gasteiger partial charge in [-0.25, -0.2) is 9.59 Å². The third-order valence-corrected chi connectivity index (χ3v) is 3.18. The Morgan fingerprint density at radius 2 is 1.88 bits per heavy atom. The molecular formula is C12H19NO4. The third kappa shape index (κ3) is 2.37. The van der Waals surface area contributed by atoms with Crippen LogP contribution in [0.2, 0.25) is 0 Å². The lowest BCUT2D eigenvalue weighted by Gasteiger charge is -2.29. The highest BCUT2D eigenvalue weighted by molar-refractivity contribution is 5.83. The molecule has 1 saturated carbocycles. The average Bonchev–Trinajstić information content (AvgIpc) is 2.85. The van der Waals surface area contributed by atoms with Crippen molar-refractivity contribution in [2.75, 3.05) is 7.11 Å². The number of hydrogen-bond acceptors (Lipinski definition) is 4. The fourth-order valence-corrected chi connectivity index (χ4v) is 2.38. The van der Waals surface area contributed by atoms with Crippen molar-refractivity contribution in [2.45, 2.75) is 51.3 Å². The smallest absolute Gasteiger partial charge is 0.411 e. The molecule has 1 aliphatic heterocycles. The van der Waals surface area contributed by atoms with Gasteiger partial charge < -0.3 is 9.47 Å². The molecule has 3 atom stereocenters. The molecule has 0 spiro atoms. The lowest BCUT2D eigenvalue weighted by Crippen LogP contribution is -2.46. The molecule has 1 heterocycles. The Labute approximate surface area is 101 Å². The number of likely N-dealkylation sites (tertiary alicyclic amines) is 1. The van der Waals surface area contributed by atoms with Gasteiger partial charge in [0, 0.05) is 6.04 Å². The molecule has 0 bridgehead atoms. The zero-order chi connectivity index (χ0) is 12.8. The fourth-order valence-electron chi connectivity index (χ4n) is 2.38. The van der Waals surface area contributed by atoms with Gasteiger partial charge in [-0.3, -0.25) is 4.90 Å². The minimum atomic E-state index is -0.537. The number of fused-ring (bicyclic) bond motifs is 1. The van der Waals surface area contributed by atoms with Crippen molar-refractivity contribution in [1.82, 2.24) is 4.90 Å². The molecule has 2 rings (SSSR count). The summed E-state index contributed by atoms with van der Waals surface area (Å²) in [6.07, 6.45) is 1.28. The van der Waals surface area contributed by atoms with Crippen LogP contribution < -0.4 is 0 Å². The summed E-state index contributed by atoms with van der Waals surface area (Å²) in [6.45, 7) is 5.45. The van der Waals surface area contributed by atoms with Crippen molar-refractivity contribution in [1.29, 1.82) is 0 Å². The van der Waals surface area contributed by atoms with E-state index in [0.29, 0.717) is 12.3 Å². The van der Waals surface area contributed by atoms with Crippen LogP contribution in [0.1, 0.15) is 33.6 Å². The molecule has 2 aliphatic rings. The molecule has 0 N–H and O–H groups in total. The van der Waals surface area contributed by atoms with Gasteiger partial charge in [0.2, 0.25) is 0 Å². The number of carbonyl (C=O) groups excluding carboxylic acids is 2. The summed E-state index contributed by atoms with van der Waals surface area (Å²) in [5, 5.41) is 0. The first kappa shape index (κ1) is 12.2. The summed E-state index contributed by atoms with van der Waals surface area (Å²) >= 11 is 0. The van der Waals surface area contributed by atoms with Gasteiger partial charge in [0.05, 0.1) is 7.11 Å². The predicted octanol–water partition coefficient (Wildman–Crippen LogP) is 1.56. The number of amides is 1. The largest absolute Gasteiger partial charge is 0.467 e. The van der Waals surface area contributed by atoms with Crippen LogP contribution in [-0.2, 0) is 14.3 Å². The van der Waals surface area contributed by atoms with Crippen molar-refractivity contribution in [3.05, 3.63) is 0 Å². The molecule has 1 amide bonds. The van der Waals surface area contributed by atoms with Gasteiger partial charge in [-0.05, 0) is 39.5 Å². The van der Waals surface area contributed by atoms with Crippen molar-refractivity contribution in [2.24, 2.45) is 5.92 Å². The zero-order valence-electron chi connectivity index (χ0n) is 10.7. The lowest BCUT2D eigenvalue weighted by molar-refractivity contribution is -0.146. The van der Waals surface area contributed by atoms with Crippen LogP contribution in [0.3, 0.4) is 0 Å². The second kappa shape index (κ2) is 3.89. The standard InChI is InChI=1S/C12H19NO4/c1-12(2,3)17-11(15)13-8-5-7(8)6-9(13)10(14)16-4/h7-9H,5-6H2,1-4H3. The Balaban J connectivity index is 2.07. The molecule has 2 fully saturated rings. The third-order valence-electron chi connectivity index (χ3n) is 3.18. The number of ether oxygens (including phenoxy) is 2. The van der Waals surface area contributed by atoms with Crippen LogP contribution in [0.15, 0.2) is 0 Å². The Morgan fingerprint density at radius 3 is 2.41 bits per heavy atom. The molecule has 17 heavy (non-hydrogen) atoms. The number of esters is 1. The second-order valence-corrected chi connectivity index (χ2v) is 5.73. The minimum absolute atomic E-state index is 0.175. The molecule has 1 saturated heterocycles. The van der Waals surface area contributed by atoms with E-state index in [2.05, 4.69) is 0 Å². The number of carbonyl (C=O) groups is 2. The quantitative estimate of drug-likeness (QED) is 0.654. The first-order valence-electron chi connectivity index (χ1n) is 5.92. The average molecular weight is 241 g/mol. The molecule has 96 valence electrons. The molecule has 0 radical (unpaired) electrons. The monoisotopic (exact) mass is 241 g/mol. The maximum Gasteiger partial charge on any atom is 0.411 e. The Morgan fingerprint density at radius 1 is 1.24 bits per heavy atom. The van der Waals surface area contributed by atoms with Crippen LogP contribution in [-0.4, -0.2) is 41.8 Å². The van der Waals surface area contributed by atoms with E-state index in [-0.39, 0.29) is 12.0 Å². The summed E-state index contributed by atoms with van der Waals surface area (Å²) < 4.78 is 10.0. The first-order chi connectivity index (χ1) is 7.83. The van der Waals surface area contributed by atoms with Gasteiger partial charge in [0.1, 0.15) is 11.6 Å². The highest BCUT2D eigenvalue weighted by Gasteiger charge is 2.57. The molecular weight excluding hydrogens is 222 g/mol. The van der Waals surface area contributed by atoms with Gasteiger partial charge >= 0.3 is 12.1 Å². The second-order valence-electron chi connectivity index (χ2n) is 5.73. The van der Waals surface area contributed by atoms with E-state index < -0.39 is 17.7 Å². The molecule has 0 aromatic carbocycles. The fraction of sp³-hybridized carbons (Fsp3) is 0.833. The van der Waals surface area contributed by atoms with E-state index in [0.717, 1.165) is 6.42 Å². The SMILES string of the molecule is COC(=O)C1CC2CC2N1C(=O)OC(C)(C)C. The minimum Gasteiger partial charge on any atom is -0.467 e. The van der Waals surface area contributed by atoms with Crippen molar-refractivity contribution in [3.8, 4) is 0 Å². The number of methoxy groups -OCH3 is 1. The molecule has 5 nitrogen and oxygen atoms in total. The molecule has 5 heteroatoms. The predicted molar refractivity (Wildman–Crippen MR) is 60.4 cm³/mol. The topological polar surface area (TPSA) is 55.8 Å². The van der Waals surface area contributed by atoms with Crippen LogP contribution >= 0.6 is 0 Å². The number of hydrogen-bond donors (Lipinski definition) is 0. The van der Waals surface area contributed by atoms with E-state index in [9.17, 15) is 9.59 Å². The maximum atomic E-state index is 12.0. The number of piperidine rings is 1. The van der Waals surface area contributed by atoms with Crippen LogP contribution in [0, 0.1) is 5.92 Å². The summed E-state index contributed by atoms with van der Waals surface area (Å²) in [4.78, 5) is 25.2. The maximum absolute atomic E-state index is 12.0. The Kier molecular flexibility index (Phi) is 2.79. The van der Waals surface area contributed by atoms with E-state index in [1.807, 2.05) is 20.8 Å². The molecule has 0 aromatic rings. The summed E-state index contributed by atoms with van der Waals surface area (Å²) in [5.74, 6) is 0.106. The van der Waals surface area contributed by atoms with Gasteiger partial charge in [0.25, 0.3) is 0 Å². The van der Waals surface area contributed by atoms with Crippen molar-refractivity contribution < 1.29 is 19.1 Å². The summed E-state index contributed by atoms with van der Waals surface area (Å²) in [7, 11) is 1.35. The van der Waals surface area contributed by atoms with Gasteiger partial charge in [-0.2, -0.15) is 0 Å². The number of nitrogens with zero attached hydrogens (tertiary/aromatic N) is 1. The van der Waals surface area contributed by atoms with Gasteiger partial charge in [-0.1, -0.05) is 0 Å². The van der Waals surface area contributed by atoms with Gasteiger partial charge in [0.15, 0.2) is 0 Å². The summed E-state index contributed by atoms with van der Waals surface area (Å²) in [5.41, 5.74) is -0.537. The van der Waals surface area contributed by atoms with E-state index in [4.69, 9.17) is 9.47 Å². The van der Waals surface area contributed by atoms with Crippen molar-refractivity contribution >= 4 is 12.1 Å². The normalized spacial score (nSPS) is 30.8. The van der Waals surface area contributed by atoms with Crippen LogP contribution in [0.4, 0.5) is 4.79 Å². The zero-order valence-corrected chi connectivity index (χ0v) is 10.7. The van der Waals surface area contributed by atoms with E-state index in [1.165, 1.54) is 7.11 Å². The summed E-state index contributed by atoms with van der Waals surface area (Å²) in [6, 6.07) is -0.285. The Bertz CT molecular complexity index is 347. The first-order valence-corrected chi connectivity index (χ1v) is 5.92. The van der Waals surface area contributed by atoms with Crippen molar-refractivity contribution in [3.63, 3.8) is 0 Å². The lowest BCUT2D eigenvalue weighted by atomic mass is 10.2. The molecule has 1 aliphatic carbocycles. The highest BCUT2D eigenvalue weighted by Crippen LogP contribution is 2.48. The number of rotatable bonds is 1. The molecule has 0 aromatic heterocycles. The molecule has 3 unspecified atom stereocenters. The Hall–Kier alpha value is -1.26. The van der Waals surface area contributed by atoms with Crippen LogP contribution in [0.25, 0.3) is 0 Å². The van der Waals surface area contributed by atoms with Gasteiger partial charge in [-0.15, -0.1) is 0 Å². The van der Waals surface area contributed by atoms with E-state index in [1.54, 1.807) is 4.90 Å². The van der Waals surface area contributed by atoms with Crippen LogP contribution in [0.5, 0.6) is 0 Å².